The van der Waals surface area contributed by atoms with Crippen molar-refractivity contribution in [2.24, 2.45) is 0 Å². The summed E-state index contributed by atoms with van der Waals surface area (Å²) in [6.45, 7) is 0. The first-order chi connectivity index (χ1) is 11.5. The van der Waals surface area contributed by atoms with Crippen molar-refractivity contribution in [2.75, 3.05) is 16.4 Å². The number of rotatable bonds is 1. The average Bonchev–Trinajstić information content (AvgIpc) is 2.91. The zero-order valence-electron chi connectivity index (χ0n) is 12.8. The summed E-state index contributed by atoms with van der Waals surface area (Å²) in [4.78, 5) is 16.6. The van der Waals surface area contributed by atoms with E-state index in [-0.39, 0.29) is 23.6 Å². The lowest BCUT2D eigenvalue weighted by Gasteiger charge is -2.31. The highest BCUT2D eigenvalue weighted by Crippen LogP contribution is 2.47. The van der Waals surface area contributed by atoms with Crippen molar-refractivity contribution in [1.29, 1.82) is 0 Å². The molecule has 4 rings (SSSR count). The molecule has 2 heterocycles. The second-order valence-corrected chi connectivity index (χ2v) is 9.23. The smallest absolute Gasteiger partial charge is 0.326 e. The van der Waals surface area contributed by atoms with Crippen molar-refractivity contribution >= 4 is 39.0 Å². The van der Waals surface area contributed by atoms with E-state index in [0.717, 1.165) is 21.2 Å². The SMILES string of the molecule is O=C(N[C@@H]1CCS(=O)(=O)C1)N1c2ccccc2Sc2ccccc21. The van der Waals surface area contributed by atoms with Crippen molar-refractivity contribution in [1.82, 2.24) is 5.32 Å². The molecule has 0 spiro atoms. The van der Waals surface area contributed by atoms with Gasteiger partial charge in [-0.15, -0.1) is 0 Å². The van der Waals surface area contributed by atoms with Gasteiger partial charge in [0.2, 0.25) is 0 Å². The van der Waals surface area contributed by atoms with Gasteiger partial charge in [0.15, 0.2) is 9.84 Å². The van der Waals surface area contributed by atoms with E-state index in [2.05, 4.69) is 5.32 Å². The summed E-state index contributed by atoms with van der Waals surface area (Å²) in [5, 5.41) is 2.88. The molecule has 1 atom stereocenters. The van der Waals surface area contributed by atoms with E-state index in [1.54, 1.807) is 16.7 Å². The van der Waals surface area contributed by atoms with Gasteiger partial charge in [-0.05, 0) is 30.7 Å². The molecular weight excluding hydrogens is 344 g/mol. The van der Waals surface area contributed by atoms with E-state index in [1.165, 1.54) is 0 Å². The van der Waals surface area contributed by atoms with E-state index in [1.807, 2.05) is 48.5 Å². The summed E-state index contributed by atoms with van der Waals surface area (Å²) in [5.74, 6) is 0.158. The van der Waals surface area contributed by atoms with Crippen LogP contribution in [0.1, 0.15) is 6.42 Å². The maximum absolute atomic E-state index is 12.9. The molecule has 24 heavy (non-hydrogen) atoms. The van der Waals surface area contributed by atoms with Crippen molar-refractivity contribution < 1.29 is 13.2 Å². The zero-order chi connectivity index (χ0) is 16.7. The fourth-order valence-corrected chi connectivity index (χ4v) is 5.80. The van der Waals surface area contributed by atoms with Crippen LogP contribution in [-0.2, 0) is 9.84 Å². The van der Waals surface area contributed by atoms with Gasteiger partial charge in [0.1, 0.15) is 0 Å². The summed E-state index contributed by atoms with van der Waals surface area (Å²) < 4.78 is 23.3. The number of urea groups is 1. The van der Waals surface area contributed by atoms with Gasteiger partial charge >= 0.3 is 6.03 Å². The standard InChI is InChI=1S/C17H16N2O3S2/c20-17(18-12-9-10-24(21,22)11-12)19-13-5-1-3-7-15(13)23-16-8-4-2-6-14(16)19/h1-8,12H,9-11H2,(H,18,20)/t12-/m1/s1. The number of para-hydroxylation sites is 2. The maximum Gasteiger partial charge on any atom is 0.326 e. The Balaban J connectivity index is 1.68. The van der Waals surface area contributed by atoms with Crippen LogP contribution < -0.4 is 10.2 Å². The number of fused-ring (bicyclic) bond motifs is 2. The predicted octanol–water partition coefficient (Wildman–Crippen LogP) is 3.19. The Labute approximate surface area is 145 Å². The molecule has 2 aliphatic rings. The molecule has 0 aromatic heterocycles. The Morgan fingerprint density at radius 2 is 1.62 bits per heavy atom. The number of hydrogen-bond acceptors (Lipinski definition) is 4. The molecule has 0 bridgehead atoms. The number of sulfone groups is 1. The van der Waals surface area contributed by atoms with Crippen molar-refractivity contribution in [2.45, 2.75) is 22.3 Å². The number of carbonyl (C=O) groups is 1. The summed E-state index contributed by atoms with van der Waals surface area (Å²) in [6, 6.07) is 14.9. The fourth-order valence-electron chi connectivity index (χ4n) is 3.07. The molecule has 2 aromatic rings. The number of carbonyl (C=O) groups excluding carboxylic acids is 1. The number of nitrogens with zero attached hydrogens (tertiary/aromatic N) is 1. The number of nitrogens with one attached hydrogen (secondary N) is 1. The molecule has 2 amide bonds. The second kappa shape index (κ2) is 5.82. The largest absolute Gasteiger partial charge is 0.334 e. The number of hydrogen-bond donors (Lipinski definition) is 1. The van der Waals surface area contributed by atoms with Gasteiger partial charge in [-0.3, -0.25) is 4.90 Å². The lowest BCUT2D eigenvalue weighted by atomic mass is 10.2. The molecule has 1 saturated heterocycles. The lowest BCUT2D eigenvalue weighted by molar-refractivity contribution is 0.245. The molecule has 0 aliphatic carbocycles. The Bertz CT molecular complexity index is 866. The van der Waals surface area contributed by atoms with Crippen molar-refractivity contribution in [3.63, 3.8) is 0 Å². The Hall–Kier alpha value is -1.99. The average molecular weight is 360 g/mol. The van der Waals surface area contributed by atoms with E-state index < -0.39 is 9.84 Å². The Kier molecular flexibility index (Phi) is 3.77. The quantitative estimate of drug-likeness (QED) is 0.848. The van der Waals surface area contributed by atoms with Crippen molar-refractivity contribution in [3.8, 4) is 0 Å². The van der Waals surface area contributed by atoms with Crippen LogP contribution in [0.5, 0.6) is 0 Å². The first kappa shape index (κ1) is 15.5. The minimum absolute atomic E-state index is 0.0185. The molecule has 0 saturated carbocycles. The predicted molar refractivity (Wildman–Crippen MR) is 94.7 cm³/mol. The molecule has 1 fully saturated rings. The number of benzene rings is 2. The normalized spacial score (nSPS) is 21.0. The molecular formula is C17H16N2O3S2. The first-order valence-electron chi connectivity index (χ1n) is 7.70. The van der Waals surface area contributed by atoms with Crippen LogP contribution in [-0.4, -0.2) is 32.0 Å². The highest BCUT2D eigenvalue weighted by Gasteiger charge is 2.33. The summed E-state index contributed by atoms with van der Waals surface area (Å²) >= 11 is 1.63. The van der Waals surface area contributed by atoms with Gasteiger partial charge in [0, 0.05) is 15.8 Å². The second-order valence-electron chi connectivity index (χ2n) is 5.92. The number of amides is 2. The molecule has 0 radical (unpaired) electrons. The van der Waals surface area contributed by atoms with Crippen molar-refractivity contribution in [3.05, 3.63) is 48.5 Å². The van der Waals surface area contributed by atoms with Crippen LogP contribution in [0.2, 0.25) is 0 Å². The zero-order valence-corrected chi connectivity index (χ0v) is 14.4. The third-order valence-corrected chi connectivity index (χ3v) is 7.09. The molecule has 5 nitrogen and oxygen atoms in total. The molecule has 2 aliphatic heterocycles. The first-order valence-corrected chi connectivity index (χ1v) is 10.3. The van der Waals surface area contributed by atoms with Crippen LogP contribution in [0.4, 0.5) is 16.2 Å². The van der Waals surface area contributed by atoms with Gasteiger partial charge in [-0.2, -0.15) is 0 Å². The maximum atomic E-state index is 12.9. The minimum atomic E-state index is -3.03. The van der Waals surface area contributed by atoms with Gasteiger partial charge in [-0.25, -0.2) is 13.2 Å². The molecule has 2 aromatic carbocycles. The summed E-state index contributed by atoms with van der Waals surface area (Å²) in [5.41, 5.74) is 1.64. The van der Waals surface area contributed by atoms with E-state index in [0.29, 0.717) is 6.42 Å². The molecule has 124 valence electrons. The topological polar surface area (TPSA) is 66.5 Å². The van der Waals surface area contributed by atoms with Crippen LogP contribution in [0, 0.1) is 0 Å². The van der Waals surface area contributed by atoms with Crippen LogP contribution in [0.15, 0.2) is 58.3 Å². The lowest BCUT2D eigenvalue weighted by Crippen LogP contribution is -2.44. The molecule has 0 unspecified atom stereocenters. The van der Waals surface area contributed by atoms with Gasteiger partial charge in [0.05, 0.1) is 22.9 Å². The molecule has 7 heteroatoms. The van der Waals surface area contributed by atoms with Gasteiger partial charge in [0.25, 0.3) is 0 Å². The van der Waals surface area contributed by atoms with E-state index >= 15 is 0 Å². The third-order valence-electron chi connectivity index (χ3n) is 4.20. The Morgan fingerprint density at radius 3 is 2.17 bits per heavy atom. The van der Waals surface area contributed by atoms with Gasteiger partial charge in [-0.1, -0.05) is 36.0 Å². The van der Waals surface area contributed by atoms with E-state index in [4.69, 9.17) is 0 Å². The Morgan fingerprint density at radius 1 is 1.04 bits per heavy atom. The third kappa shape index (κ3) is 2.78. The molecule has 1 N–H and O–H groups in total. The van der Waals surface area contributed by atoms with Gasteiger partial charge < -0.3 is 5.32 Å². The summed E-state index contributed by atoms with van der Waals surface area (Å²) in [7, 11) is -3.03. The monoisotopic (exact) mass is 360 g/mol. The number of anilines is 2. The summed E-state index contributed by atoms with van der Waals surface area (Å²) in [6.07, 6.45) is 0.472. The van der Waals surface area contributed by atoms with Crippen LogP contribution in [0.3, 0.4) is 0 Å². The minimum Gasteiger partial charge on any atom is -0.334 e. The van der Waals surface area contributed by atoms with Crippen LogP contribution >= 0.6 is 11.8 Å². The van der Waals surface area contributed by atoms with E-state index in [9.17, 15) is 13.2 Å². The highest BCUT2D eigenvalue weighted by molar-refractivity contribution is 7.99. The highest BCUT2D eigenvalue weighted by atomic mass is 32.2. The van der Waals surface area contributed by atoms with Crippen LogP contribution in [0.25, 0.3) is 0 Å². The fraction of sp³-hybridized carbons (Fsp3) is 0.235.